The highest BCUT2D eigenvalue weighted by Crippen LogP contribution is 2.41. The second kappa shape index (κ2) is 7.84. The summed E-state index contributed by atoms with van der Waals surface area (Å²) in [5.74, 6) is 1.44. The summed E-state index contributed by atoms with van der Waals surface area (Å²) in [7, 11) is 0. The Morgan fingerprint density at radius 2 is 1.89 bits per heavy atom. The Morgan fingerprint density at radius 1 is 1.06 bits per heavy atom. The molecular formula is C30H28N2O3. The van der Waals surface area contributed by atoms with Gasteiger partial charge in [-0.1, -0.05) is 45.0 Å². The summed E-state index contributed by atoms with van der Waals surface area (Å²) in [4.78, 5) is 9.38. The van der Waals surface area contributed by atoms with Crippen LogP contribution in [0.25, 0.3) is 10.9 Å². The molecule has 35 heavy (non-hydrogen) atoms. The zero-order valence-electron chi connectivity index (χ0n) is 22.2. The number of phenols is 1. The van der Waals surface area contributed by atoms with Crippen molar-refractivity contribution in [3.05, 3.63) is 94.5 Å². The third kappa shape index (κ3) is 3.91. The third-order valence-electron chi connectivity index (χ3n) is 6.49. The van der Waals surface area contributed by atoms with Gasteiger partial charge >= 0.3 is 0 Å². The van der Waals surface area contributed by atoms with Crippen LogP contribution in [0.3, 0.4) is 0 Å². The van der Waals surface area contributed by atoms with E-state index in [-0.39, 0.29) is 11.2 Å². The van der Waals surface area contributed by atoms with Gasteiger partial charge in [-0.3, -0.25) is 0 Å². The van der Waals surface area contributed by atoms with Crippen LogP contribution in [0.1, 0.15) is 57.4 Å². The Labute approximate surface area is 207 Å². The van der Waals surface area contributed by atoms with Crippen molar-refractivity contribution in [3.8, 4) is 17.4 Å². The van der Waals surface area contributed by atoms with Gasteiger partial charge in [-0.2, -0.15) is 0 Å². The normalized spacial score (nSPS) is 21.0. The van der Waals surface area contributed by atoms with Crippen molar-refractivity contribution in [1.29, 1.82) is 0 Å². The van der Waals surface area contributed by atoms with Gasteiger partial charge < -0.3 is 14.6 Å². The number of rotatable bonds is 3. The highest BCUT2D eigenvalue weighted by Gasteiger charge is 2.39. The van der Waals surface area contributed by atoms with Crippen LogP contribution in [-0.2, 0) is 16.5 Å². The zero-order valence-corrected chi connectivity index (χ0v) is 20.2. The number of aromatic hydroxyl groups is 1. The largest absolute Gasteiger partial charge is 0.506 e. The number of hydrogen-bond acceptors (Lipinski definition) is 5. The summed E-state index contributed by atoms with van der Waals surface area (Å²) < 4.78 is 29.8. The fraction of sp³-hybridized carbons (Fsp3) is 0.267. The zero-order chi connectivity index (χ0) is 26.1. The van der Waals surface area contributed by atoms with E-state index in [0.717, 1.165) is 27.6 Å². The maximum atomic E-state index is 10.4. The molecule has 0 spiro atoms. The van der Waals surface area contributed by atoms with Crippen molar-refractivity contribution in [1.82, 2.24) is 4.98 Å². The molecule has 4 aromatic rings. The maximum absolute atomic E-state index is 10.4. The topological polar surface area (TPSA) is 63.9 Å². The first-order chi connectivity index (χ1) is 17.5. The Hall–Kier alpha value is -3.86. The molecule has 0 bridgehead atoms. The fourth-order valence-corrected chi connectivity index (χ4v) is 4.67. The van der Waals surface area contributed by atoms with Crippen LogP contribution in [0.15, 0.2) is 71.7 Å². The molecule has 0 saturated heterocycles. The van der Waals surface area contributed by atoms with Crippen LogP contribution in [0.2, 0.25) is 0 Å². The lowest BCUT2D eigenvalue weighted by Gasteiger charge is -2.21. The smallest absolute Gasteiger partial charge is 0.219 e. The summed E-state index contributed by atoms with van der Waals surface area (Å²) in [6.45, 7) is 8.28. The van der Waals surface area contributed by atoms with Gasteiger partial charge in [0.15, 0.2) is 0 Å². The average molecular weight is 467 g/mol. The second-order valence-electron chi connectivity index (χ2n) is 10.3. The SMILES string of the molecule is [2H]C1([2H])c2ccccc2[C@@H]2N=C(c3cc(Oc4ccc5cc(C)cc(O)c5n4)cc(C(C)(C)C)c3)O[C@H]21. The first-order valence-electron chi connectivity index (χ1n) is 12.8. The number of aromatic nitrogens is 1. The quantitative estimate of drug-likeness (QED) is 0.361. The molecule has 1 aromatic heterocycles. The number of phenolic OH excluding ortho intramolecular Hbond substituents is 1. The number of aryl methyl sites for hydroxylation is 1. The number of pyridine rings is 1. The van der Waals surface area contributed by atoms with Gasteiger partial charge in [-0.05, 0) is 71.0 Å². The number of benzene rings is 3. The molecule has 1 N–H and O–H groups in total. The van der Waals surface area contributed by atoms with Crippen molar-refractivity contribution in [3.63, 3.8) is 0 Å². The predicted molar refractivity (Wildman–Crippen MR) is 138 cm³/mol. The van der Waals surface area contributed by atoms with Gasteiger partial charge in [-0.15, -0.1) is 0 Å². The molecule has 1 aliphatic carbocycles. The Morgan fingerprint density at radius 3 is 2.71 bits per heavy atom. The molecule has 2 atom stereocenters. The summed E-state index contributed by atoms with van der Waals surface area (Å²) in [6, 6.07) is 20.3. The van der Waals surface area contributed by atoms with Crippen LogP contribution < -0.4 is 4.74 Å². The molecule has 0 amide bonds. The van der Waals surface area contributed by atoms with E-state index in [0.29, 0.717) is 28.6 Å². The lowest BCUT2D eigenvalue weighted by molar-refractivity contribution is 0.206. The van der Waals surface area contributed by atoms with Crippen molar-refractivity contribution in [2.45, 2.75) is 51.6 Å². The summed E-state index contributed by atoms with van der Waals surface area (Å²) in [5.41, 5.74) is 4.50. The summed E-state index contributed by atoms with van der Waals surface area (Å²) >= 11 is 0. The van der Waals surface area contributed by atoms with Crippen molar-refractivity contribution < 1.29 is 17.3 Å². The number of aliphatic imine (C=N–C) groups is 1. The van der Waals surface area contributed by atoms with Gasteiger partial charge in [0.05, 0.1) is 0 Å². The van der Waals surface area contributed by atoms with Crippen LogP contribution in [0, 0.1) is 6.92 Å². The van der Waals surface area contributed by atoms with Crippen molar-refractivity contribution >= 4 is 16.8 Å². The van der Waals surface area contributed by atoms with Gasteiger partial charge in [0.1, 0.15) is 29.2 Å². The standard InChI is InChI=1S/C30H28N2O3/c1-17-11-19-9-10-26(31-27(19)24(33)12-17)34-22-14-20(13-21(16-22)30(2,3)4)29-32-28-23-8-6-5-7-18(23)15-25(28)35-29/h5-14,16,25,28,33H,15H2,1-4H3/t25-,28-/m0/s1/i15D2. The summed E-state index contributed by atoms with van der Waals surface area (Å²) in [6.07, 6.45) is -2.35. The summed E-state index contributed by atoms with van der Waals surface area (Å²) in [5, 5.41) is 11.2. The van der Waals surface area contributed by atoms with E-state index in [9.17, 15) is 5.11 Å². The lowest BCUT2D eigenvalue weighted by atomic mass is 9.86. The number of hydrogen-bond donors (Lipinski definition) is 1. The number of nitrogens with zero attached hydrogens (tertiary/aromatic N) is 2. The van der Waals surface area contributed by atoms with Crippen LogP contribution in [0.5, 0.6) is 17.4 Å². The Balaban J connectivity index is 1.39. The highest BCUT2D eigenvalue weighted by molar-refractivity contribution is 5.96. The third-order valence-corrected chi connectivity index (χ3v) is 6.49. The molecule has 176 valence electrons. The maximum Gasteiger partial charge on any atom is 0.219 e. The average Bonchev–Trinajstić information content (AvgIpc) is 3.37. The molecule has 0 radical (unpaired) electrons. The monoisotopic (exact) mass is 466 g/mol. The van der Waals surface area contributed by atoms with E-state index in [2.05, 4.69) is 25.8 Å². The molecule has 5 heteroatoms. The molecule has 5 nitrogen and oxygen atoms in total. The molecule has 6 rings (SSSR count). The fourth-order valence-electron chi connectivity index (χ4n) is 4.67. The van der Waals surface area contributed by atoms with Crippen LogP contribution in [-0.4, -0.2) is 22.1 Å². The van der Waals surface area contributed by atoms with E-state index < -0.39 is 18.5 Å². The first-order valence-corrected chi connectivity index (χ1v) is 11.8. The van der Waals surface area contributed by atoms with Crippen molar-refractivity contribution in [2.24, 2.45) is 4.99 Å². The minimum atomic E-state index is -1.64. The van der Waals surface area contributed by atoms with Gasteiger partial charge in [0.25, 0.3) is 0 Å². The second-order valence-corrected chi connectivity index (χ2v) is 10.3. The Kier molecular flexibility index (Phi) is 4.36. The minimum absolute atomic E-state index is 0.111. The molecule has 0 unspecified atom stereocenters. The lowest BCUT2D eigenvalue weighted by Crippen LogP contribution is -2.15. The Bertz CT molecular complexity index is 1590. The number of fused-ring (bicyclic) bond motifs is 4. The molecule has 1 aliphatic heterocycles. The van der Waals surface area contributed by atoms with E-state index in [1.807, 2.05) is 61.5 Å². The van der Waals surface area contributed by atoms with E-state index >= 15 is 0 Å². The number of ether oxygens (including phenoxy) is 2. The van der Waals surface area contributed by atoms with Crippen LogP contribution in [0.4, 0.5) is 0 Å². The molecular weight excluding hydrogens is 436 g/mol. The van der Waals surface area contributed by atoms with Gasteiger partial charge in [0, 0.05) is 26.1 Å². The minimum Gasteiger partial charge on any atom is -0.506 e. The molecule has 0 saturated carbocycles. The molecule has 2 heterocycles. The van der Waals surface area contributed by atoms with Gasteiger partial charge in [-0.25, -0.2) is 9.98 Å². The van der Waals surface area contributed by atoms with E-state index in [1.165, 1.54) is 0 Å². The van der Waals surface area contributed by atoms with Gasteiger partial charge in [0.2, 0.25) is 11.8 Å². The van der Waals surface area contributed by atoms with E-state index in [1.54, 1.807) is 12.1 Å². The van der Waals surface area contributed by atoms with E-state index in [4.69, 9.17) is 17.2 Å². The predicted octanol–water partition coefficient (Wildman–Crippen LogP) is 6.78. The molecule has 3 aromatic carbocycles. The first kappa shape index (κ1) is 19.4. The highest BCUT2D eigenvalue weighted by atomic mass is 16.5. The van der Waals surface area contributed by atoms with Crippen molar-refractivity contribution in [2.75, 3.05) is 0 Å². The molecule has 2 aliphatic rings. The molecule has 0 fully saturated rings. The van der Waals surface area contributed by atoms with Crippen LogP contribution >= 0.6 is 0 Å².